The van der Waals surface area contributed by atoms with Gasteiger partial charge in [0.2, 0.25) is 5.91 Å². The Morgan fingerprint density at radius 2 is 1.92 bits per heavy atom. The molecule has 1 atom stereocenters. The first-order valence-electron chi connectivity index (χ1n) is 8.52. The molecule has 6 heteroatoms. The molecule has 2 aliphatic rings. The van der Waals surface area contributed by atoms with Gasteiger partial charge in [0.15, 0.2) is 5.78 Å². The number of rotatable bonds is 4. The Morgan fingerprint density at radius 3 is 2.54 bits per heavy atom. The molecule has 2 heterocycles. The number of ketones is 1. The van der Waals surface area contributed by atoms with Crippen molar-refractivity contribution in [3.8, 4) is 0 Å². The van der Waals surface area contributed by atoms with Crippen molar-refractivity contribution in [3.63, 3.8) is 0 Å². The topological polar surface area (TPSA) is 58.6 Å². The molecule has 2 saturated heterocycles. The van der Waals surface area contributed by atoms with E-state index >= 15 is 0 Å². The Labute approximate surface area is 147 Å². The second-order valence-electron chi connectivity index (χ2n) is 6.46. The zero-order valence-corrected chi connectivity index (χ0v) is 14.4. The number of benzene rings is 1. The quantitative estimate of drug-likeness (QED) is 0.845. The number of ether oxygens (including phenoxy) is 1. The van der Waals surface area contributed by atoms with E-state index in [0.29, 0.717) is 43.3 Å². The molecule has 1 N–H and O–H groups in total. The van der Waals surface area contributed by atoms with Gasteiger partial charge in [0.1, 0.15) is 0 Å². The van der Waals surface area contributed by atoms with Crippen LogP contribution in [0.5, 0.6) is 0 Å². The fraction of sp³-hybridized carbons (Fsp3) is 0.556. The van der Waals surface area contributed by atoms with Gasteiger partial charge in [0.25, 0.3) is 0 Å². The summed E-state index contributed by atoms with van der Waals surface area (Å²) in [5.74, 6) is 0.294. The van der Waals surface area contributed by atoms with E-state index in [4.69, 9.17) is 16.3 Å². The molecule has 0 aromatic heterocycles. The molecule has 0 radical (unpaired) electrons. The van der Waals surface area contributed by atoms with Crippen LogP contribution in [0.2, 0.25) is 5.02 Å². The van der Waals surface area contributed by atoms with Crippen LogP contribution in [-0.4, -0.2) is 55.5 Å². The summed E-state index contributed by atoms with van der Waals surface area (Å²) in [5, 5.41) is 3.94. The van der Waals surface area contributed by atoms with E-state index in [-0.39, 0.29) is 23.7 Å². The van der Waals surface area contributed by atoms with Crippen LogP contribution < -0.4 is 5.32 Å². The molecule has 2 fully saturated rings. The maximum Gasteiger partial charge on any atom is 0.224 e. The number of carbonyl (C=O) groups excluding carboxylic acids is 2. The molecule has 130 valence electrons. The van der Waals surface area contributed by atoms with E-state index in [9.17, 15) is 9.59 Å². The van der Waals surface area contributed by atoms with Crippen LogP contribution in [0, 0.1) is 5.92 Å². The van der Waals surface area contributed by atoms with Gasteiger partial charge < -0.3 is 15.0 Å². The Balaban J connectivity index is 1.48. The Morgan fingerprint density at radius 1 is 1.21 bits per heavy atom. The minimum Gasteiger partial charge on any atom is -0.378 e. The third kappa shape index (κ3) is 4.35. The maximum atomic E-state index is 12.5. The highest BCUT2D eigenvalue weighted by atomic mass is 35.5. The monoisotopic (exact) mass is 350 g/mol. The number of likely N-dealkylation sites (tertiary alicyclic amines) is 1. The van der Waals surface area contributed by atoms with E-state index in [2.05, 4.69) is 5.32 Å². The summed E-state index contributed by atoms with van der Waals surface area (Å²) in [6.45, 7) is 3.41. The number of Topliss-reactive ketones (excluding diaryl/α,β-unsaturated/α-hetero) is 1. The molecular weight excluding hydrogens is 328 g/mol. The average molecular weight is 351 g/mol. The van der Waals surface area contributed by atoms with E-state index in [1.165, 1.54) is 0 Å². The number of piperidine rings is 1. The van der Waals surface area contributed by atoms with Crippen molar-refractivity contribution in [1.82, 2.24) is 10.2 Å². The Hall–Kier alpha value is -1.43. The summed E-state index contributed by atoms with van der Waals surface area (Å²) < 4.78 is 5.39. The molecule has 0 aliphatic carbocycles. The largest absolute Gasteiger partial charge is 0.378 e. The van der Waals surface area contributed by atoms with Gasteiger partial charge >= 0.3 is 0 Å². The van der Waals surface area contributed by atoms with Crippen molar-refractivity contribution in [3.05, 3.63) is 34.9 Å². The summed E-state index contributed by atoms with van der Waals surface area (Å²) >= 11 is 5.87. The smallest absolute Gasteiger partial charge is 0.224 e. The van der Waals surface area contributed by atoms with E-state index in [1.807, 2.05) is 4.90 Å². The highest BCUT2D eigenvalue weighted by Crippen LogP contribution is 2.23. The van der Waals surface area contributed by atoms with Crippen LogP contribution in [0.3, 0.4) is 0 Å². The van der Waals surface area contributed by atoms with Crippen molar-refractivity contribution in [2.45, 2.75) is 25.3 Å². The lowest BCUT2D eigenvalue weighted by Gasteiger charge is -2.33. The molecule has 1 aromatic rings. The predicted octanol–water partition coefficient (Wildman–Crippen LogP) is 2.14. The fourth-order valence-corrected chi connectivity index (χ4v) is 3.46. The van der Waals surface area contributed by atoms with Crippen molar-refractivity contribution >= 4 is 23.3 Å². The third-order valence-corrected chi connectivity index (χ3v) is 5.02. The third-order valence-electron chi connectivity index (χ3n) is 4.77. The lowest BCUT2D eigenvalue weighted by Crippen LogP contribution is -2.47. The highest BCUT2D eigenvalue weighted by molar-refractivity contribution is 6.30. The lowest BCUT2D eigenvalue weighted by molar-refractivity contribution is -0.133. The molecule has 1 unspecified atom stereocenters. The number of nitrogens with zero attached hydrogens (tertiary/aromatic N) is 1. The van der Waals surface area contributed by atoms with Crippen molar-refractivity contribution < 1.29 is 14.3 Å². The van der Waals surface area contributed by atoms with Crippen LogP contribution in [0.4, 0.5) is 0 Å². The van der Waals surface area contributed by atoms with Gasteiger partial charge in [0, 0.05) is 48.6 Å². The van der Waals surface area contributed by atoms with Crippen molar-refractivity contribution in [2.24, 2.45) is 5.92 Å². The first-order valence-corrected chi connectivity index (χ1v) is 8.90. The van der Waals surface area contributed by atoms with E-state index in [1.54, 1.807) is 24.3 Å². The van der Waals surface area contributed by atoms with Crippen molar-refractivity contribution in [1.29, 1.82) is 0 Å². The molecule has 24 heavy (non-hydrogen) atoms. The summed E-state index contributed by atoms with van der Waals surface area (Å²) in [4.78, 5) is 26.8. The number of hydrogen-bond acceptors (Lipinski definition) is 4. The zero-order chi connectivity index (χ0) is 16.9. The van der Waals surface area contributed by atoms with Gasteiger partial charge in [-0.15, -0.1) is 0 Å². The second-order valence-corrected chi connectivity index (χ2v) is 6.89. The molecule has 1 amide bonds. The number of halogens is 1. The minimum absolute atomic E-state index is 0.00800. The van der Waals surface area contributed by atoms with Crippen molar-refractivity contribution in [2.75, 3.05) is 32.8 Å². The normalized spacial score (nSPS) is 22.4. The average Bonchev–Trinajstić information content (AvgIpc) is 2.63. The van der Waals surface area contributed by atoms with Gasteiger partial charge in [-0.1, -0.05) is 11.6 Å². The van der Waals surface area contributed by atoms with Gasteiger partial charge in [-0.2, -0.15) is 0 Å². The van der Waals surface area contributed by atoms with E-state index < -0.39 is 0 Å². The Bertz CT molecular complexity index is 576. The SMILES string of the molecule is O=C(c1ccc(Cl)cc1)C1CCN(C(=O)CC2COCCN2)CC1. The van der Waals surface area contributed by atoms with E-state index in [0.717, 1.165) is 19.4 Å². The summed E-state index contributed by atoms with van der Waals surface area (Å²) in [5.41, 5.74) is 0.702. The molecule has 0 bridgehead atoms. The fourth-order valence-electron chi connectivity index (χ4n) is 3.33. The zero-order valence-electron chi connectivity index (χ0n) is 13.7. The molecular formula is C18H23ClN2O3. The summed E-state index contributed by atoms with van der Waals surface area (Å²) in [7, 11) is 0. The molecule has 2 aliphatic heterocycles. The number of carbonyl (C=O) groups is 2. The number of nitrogens with one attached hydrogen (secondary N) is 1. The molecule has 3 rings (SSSR count). The first-order chi connectivity index (χ1) is 11.6. The van der Waals surface area contributed by atoms with Gasteiger partial charge in [-0.05, 0) is 37.1 Å². The highest BCUT2D eigenvalue weighted by Gasteiger charge is 2.29. The summed E-state index contributed by atoms with van der Waals surface area (Å²) in [6.07, 6.45) is 1.92. The predicted molar refractivity (Wildman–Crippen MR) is 92.3 cm³/mol. The number of hydrogen-bond donors (Lipinski definition) is 1. The number of morpholine rings is 1. The molecule has 1 aromatic carbocycles. The lowest BCUT2D eigenvalue weighted by atomic mass is 9.88. The van der Waals surface area contributed by atoms with Gasteiger partial charge in [0.05, 0.1) is 13.2 Å². The standard InChI is InChI=1S/C18H23ClN2O3/c19-15-3-1-13(2-4-15)18(23)14-5-8-21(9-6-14)17(22)11-16-12-24-10-7-20-16/h1-4,14,16,20H,5-12H2. The van der Waals surface area contributed by atoms with Crippen LogP contribution in [-0.2, 0) is 9.53 Å². The van der Waals surface area contributed by atoms with Crippen LogP contribution in [0.25, 0.3) is 0 Å². The first kappa shape index (κ1) is 17.4. The maximum absolute atomic E-state index is 12.5. The molecule has 0 saturated carbocycles. The molecule has 5 nitrogen and oxygen atoms in total. The van der Waals surface area contributed by atoms with Crippen LogP contribution in [0.1, 0.15) is 29.6 Å². The minimum atomic E-state index is -0.00800. The summed E-state index contributed by atoms with van der Waals surface area (Å²) in [6, 6.07) is 7.15. The molecule has 0 spiro atoms. The van der Waals surface area contributed by atoms with Crippen LogP contribution in [0.15, 0.2) is 24.3 Å². The van der Waals surface area contributed by atoms with Gasteiger partial charge in [-0.25, -0.2) is 0 Å². The van der Waals surface area contributed by atoms with Gasteiger partial charge in [-0.3, -0.25) is 9.59 Å². The second kappa shape index (κ2) is 8.10. The van der Waals surface area contributed by atoms with Crippen LogP contribution >= 0.6 is 11.6 Å². The number of amides is 1. The Kier molecular flexibility index (Phi) is 5.87.